The van der Waals surface area contributed by atoms with Gasteiger partial charge in [0, 0.05) is 12.7 Å². The number of nitrogens with zero attached hydrogens (tertiary/aromatic N) is 1. The zero-order valence-corrected chi connectivity index (χ0v) is 11.5. The van der Waals surface area contributed by atoms with E-state index in [2.05, 4.69) is 5.32 Å². The summed E-state index contributed by atoms with van der Waals surface area (Å²) >= 11 is 0. The molecule has 2 rings (SSSR count). The largest absolute Gasteiger partial charge is 0.481 e. The minimum atomic E-state index is -0.953. The fourth-order valence-corrected chi connectivity index (χ4v) is 2.08. The van der Waals surface area contributed by atoms with Crippen molar-refractivity contribution < 1.29 is 19.4 Å². The van der Waals surface area contributed by atoms with E-state index in [4.69, 9.17) is 9.84 Å². The molecule has 108 valence electrons. The lowest BCUT2D eigenvalue weighted by Gasteiger charge is -2.22. The highest BCUT2D eigenvalue weighted by Gasteiger charge is 2.35. The summed E-state index contributed by atoms with van der Waals surface area (Å²) in [6.07, 6.45) is 0. The van der Waals surface area contributed by atoms with Gasteiger partial charge in [0.05, 0.1) is 19.3 Å². The van der Waals surface area contributed by atoms with E-state index in [1.165, 1.54) is 4.90 Å². The number of anilines is 1. The first-order chi connectivity index (χ1) is 9.49. The number of carboxylic acids is 1. The molecule has 6 nitrogen and oxygen atoms in total. The lowest BCUT2D eigenvalue weighted by Crippen LogP contribution is -2.47. The van der Waals surface area contributed by atoms with E-state index in [0.717, 1.165) is 11.3 Å². The number of urea groups is 1. The van der Waals surface area contributed by atoms with Crippen LogP contribution >= 0.6 is 0 Å². The molecule has 0 aliphatic carbocycles. The minimum absolute atomic E-state index is 0.133. The summed E-state index contributed by atoms with van der Waals surface area (Å²) in [4.78, 5) is 24.6. The molecule has 1 aliphatic rings. The lowest BCUT2D eigenvalue weighted by molar-refractivity contribution is -0.142. The molecule has 0 bridgehead atoms. The number of hydrogen-bond acceptors (Lipinski definition) is 3. The molecular weight excluding hydrogens is 260 g/mol. The van der Waals surface area contributed by atoms with Crippen LogP contribution in [0.15, 0.2) is 24.3 Å². The van der Waals surface area contributed by atoms with Crippen LogP contribution in [0.25, 0.3) is 0 Å². The molecule has 0 spiro atoms. The summed E-state index contributed by atoms with van der Waals surface area (Å²) in [5.74, 6) is -1.64. The number of ether oxygens (including phenoxy) is 1. The molecule has 0 saturated carbocycles. The van der Waals surface area contributed by atoms with Crippen LogP contribution < -0.4 is 10.2 Å². The van der Waals surface area contributed by atoms with Crippen molar-refractivity contribution in [3.63, 3.8) is 0 Å². The number of amides is 2. The molecule has 1 aromatic carbocycles. The Morgan fingerprint density at radius 2 is 1.95 bits per heavy atom. The van der Waals surface area contributed by atoms with Gasteiger partial charge in [-0.05, 0) is 19.1 Å². The van der Waals surface area contributed by atoms with Gasteiger partial charge in [0.1, 0.15) is 5.92 Å². The van der Waals surface area contributed by atoms with Gasteiger partial charge in [-0.25, -0.2) is 4.79 Å². The molecule has 2 N–H and O–H groups in total. The van der Waals surface area contributed by atoms with Crippen molar-refractivity contribution in [3.05, 3.63) is 29.8 Å². The molecule has 1 fully saturated rings. The number of carbonyl (C=O) groups excluding carboxylic acids is 1. The Kier molecular flexibility index (Phi) is 4.24. The number of benzene rings is 1. The standard InChI is InChI=1S/C14H18N2O4/c1-9-3-5-10(6-4-9)16(2)14(19)15-12-8-20-7-11(12)13(17)18/h3-6,11-12H,7-8H2,1-2H3,(H,15,19)(H,17,18). The first-order valence-corrected chi connectivity index (χ1v) is 6.40. The van der Waals surface area contributed by atoms with Crippen LogP contribution in [0.5, 0.6) is 0 Å². The summed E-state index contributed by atoms with van der Waals surface area (Å²) in [5, 5.41) is 11.7. The van der Waals surface area contributed by atoms with E-state index in [0.29, 0.717) is 0 Å². The van der Waals surface area contributed by atoms with Gasteiger partial charge in [0.25, 0.3) is 0 Å². The van der Waals surface area contributed by atoms with Crippen LogP contribution in [0.3, 0.4) is 0 Å². The number of hydrogen-bond donors (Lipinski definition) is 2. The monoisotopic (exact) mass is 278 g/mol. The van der Waals surface area contributed by atoms with E-state index >= 15 is 0 Å². The van der Waals surface area contributed by atoms with Crippen molar-refractivity contribution in [2.75, 3.05) is 25.2 Å². The third-order valence-electron chi connectivity index (χ3n) is 3.43. The second-order valence-corrected chi connectivity index (χ2v) is 4.93. The van der Waals surface area contributed by atoms with Gasteiger partial charge in [0.15, 0.2) is 0 Å². The third kappa shape index (κ3) is 3.08. The molecule has 2 amide bonds. The van der Waals surface area contributed by atoms with Crippen LogP contribution in [0.2, 0.25) is 0 Å². The second kappa shape index (κ2) is 5.92. The Morgan fingerprint density at radius 3 is 2.55 bits per heavy atom. The number of carboxylic acid groups (broad SMARTS) is 1. The zero-order valence-electron chi connectivity index (χ0n) is 11.5. The highest BCUT2D eigenvalue weighted by molar-refractivity contribution is 5.92. The number of aliphatic carboxylic acids is 1. The summed E-state index contributed by atoms with van der Waals surface area (Å²) < 4.78 is 5.12. The predicted molar refractivity (Wildman–Crippen MR) is 73.8 cm³/mol. The van der Waals surface area contributed by atoms with Crippen molar-refractivity contribution >= 4 is 17.7 Å². The first-order valence-electron chi connectivity index (χ1n) is 6.40. The molecular formula is C14H18N2O4. The van der Waals surface area contributed by atoms with Crippen LogP contribution in [0.4, 0.5) is 10.5 Å². The summed E-state index contributed by atoms with van der Waals surface area (Å²) in [6.45, 7) is 2.33. The fraction of sp³-hybridized carbons (Fsp3) is 0.429. The molecule has 1 aromatic rings. The van der Waals surface area contributed by atoms with E-state index in [-0.39, 0.29) is 19.2 Å². The Bertz CT molecular complexity index is 500. The molecule has 20 heavy (non-hydrogen) atoms. The zero-order chi connectivity index (χ0) is 14.7. The molecule has 0 aromatic heterocycles. The quantitative estimate of drug-likeness (QED) is 0.872. The van der Waals surface area contributed by atoms with E-state index in [1.54, 1.807) is 7.05 Å². The van der Waals surface area contributed by atoms with Gasteiger partial charge in [-0.2, -0.15) is 0 Å². The summed E-state index contributed by atoms with van der Waals surface area (Å²) in [6, 6.07) is 6.68. The van der Waals surface area contributed by atoms with Gasteiger partial charge in [0.2, 0.25) is 0 Å². The van der Waals surface area contributed by atoms with Crippen molar-refractivity contribution in [2.24, 2.45) is 5.92 Å². The van der Waals surface area contributed by atoms with Crippen LogP contribution in [0.1, 0.15) is 5.56 Å². The van der Waals surface area contributed by atoms with E-state index < -0.39 is 17.9 Å². The first kappa shape index (κ1) is 14.3. The van der Waals surface area contributed by atoms with Gasteiger partial charge in [-0.1, -0.05) is 17.7 Å². The van der Waals surface area contributed by atoms with Crippen LogP contribution in [-0.4, -0.2) is 43.4 Å². The minimum Gasteiger partial charge on any atom is -0.481 e. The molecule has 1 aliphatic heterocycles. The normalized spacial score (nSPS) is 21.5. The molecule has 6 heteroatoms. The fourth-order valence-electron chi connectivity index (χ4n) is 2.08. The molecule has 2 atom stereocenters. The number of nitrogens with one attached hydrogen (secondary N) is 1. The Hall–Kier alpha value is -2.08. The SMILES string of the molecule is Cc1ccc(N(C)C(=O)NC2COCC2C(=O)O)cc1. The summed E-state index contributed by atoms with van der Waals surface area (Å²) in [5.41, 5.74) is 1.86. The smallest absolute Gasteiger partial charge is 0.321 e. The highest BCUT2D eigenvalue weighted by atomic mass is 16.5. The summed E-state index contributed by atoms with van der Waals surface area (Å²) in [7, 11) is 1.64. The topological polar surface area (TPSA) is 78.9 Å². The van der Waals surface area contributed by atoms with Gasteiger partial charge < -0.3 is 15.2 Å². The van der Waals surface area contributed by atoms with Crippen molar-refractivity contribution in [1.29, 1.82) is 0 Å². The maximum absolute atomic E-state index is 12.1. The highest BCUT2D eigenvalue weighted by Crippen LogP contribution is 2.16. The van der Waals surface area contributed by atoms with Crippen molar-refractivity contribution in [2.45, 2.75) is 13.0 Å². The van der Waals surface area contributed by atoms with E-state index in [1.807, 2.05) is 31.2 Å². The molecule has 1 saturated heterocycles. The van der Waals surface area contributed by atoms with Crippen molar-refractivity contribution in [3.8, 4) is 0 Å². The van der Waals surface area contributed by atoms with Gasteiger partial charge in [-0.3, -0.25) is 9.69 Å². The number of aryl methyl sites for hydroxylation is 1. The Morgan fingerprint density at radius 1 is 1.30 bits per heavy atom. The van der Waals surface area contributed by atoms with Crippen molar-refractivity contribution in [1.82, 2.24) is 5.32 Å². The average Bonchev–Trinajstić information content (AvgIpc) is 2.87. The Balaban J connectivity index is 2.00. The number of carbonyl (C=O) groups is 2. The maximum atomic E-state index is 12.1. The Labute approximate surface area is 117 Å². The molecule has 0 radical (unpaired) electrons. The molecule has 1 heterocycles. The van der Waals surface area contributed by atoms with E-state index in [9.17, 15) is 9.59 Å². The number of rotatable bonds is 3. The second-order valence-electron chi connectivity index (χ2n) is 4.93. The molecule has 2 unspecified atom stereocenters. The predicted octanol–water partition coefficient (Wildman–Crippen LogP) is 1.24. The van der Waals surface area contributed by atoms with Crippen LogP contribution in [0, 0.1) is 12.8 Å². The van der Waals surface area contributed by atoms with Crippen LogP contribution in [-0.2, 0) is 9.53 Å². The maximum Gasteiger partial charge on any atom is 0.321 e. The average molecular weight is 278 g/mol. The van der Waals surface area contributed by atoms with Gasteiger partial charge in [-0.15, -0.1) is 0 Å². The van der Waals surface area contributed by atoms with Gasteiger partial charge >= 0.3 is 12.0 Å². The lowest BCUT2D eigenvalue weighted by atomic mass is 10.0. The third-order valence-corrected chi connectivity index (χ3v) is 3.43.